The van der Waals surface area contributed by atoms with Crippen molar-refractivity contribution in [1.82, 2.24) is 5.32 Å². The fraction of sp³-hybridized carbons (Fsp3) is 0.316. The molecule has 0 aliphatic rings. The fourth-order valence-corrected chi connectivity index (χ4v) is 2.14. The van der Waals surface area contributed by atoms with E-state index in [1.54, 1.807) is 7.11 Å². The minimum absolute atomic E-state index is 0.0211. The van der Waals surface area contributed by atoms with Crippen molar-refractivity contribution in [3.8, 4) is 5.75 Å². The summed E-state index contributed by atoms with van der Waals surface area (Å²) >= 11 is 0. The maximum atomic E-state index is 11.8. The highest BCUT2D eigenvalue weighted by Gasteiger charge is 2.03. The fourth-order valence-electron chi connectivity index (χ4n) is 2.14. The predicted octanol–water partition coefficient (Wildman–Crippen LogP) is 3.09. The van der Waals surface area contributed by atoms with E-state index in [-0.39, 0.29) is 12.5 Å². The molecule has 0 spiro atoms. The molecule has 122 valence electrons. The van der Waals surface area contributed by atoms with E-state index in [0.29, 0.717) is 18.9 Å². The number of ether oxygens (including phenoxy) is 2. The van der Waals surface area contributed by atoms with Crippen LogP contribution in [0.3, 0.4) is 0 Å². The van der Waals surface area contributed by atoms with E-state index < -0.39 is 0 Å². The summed E-state index contributed by atoms with van der Waals surface area (Å²) < 4.78 is 10.5. The van der Waals surface area contributed by atoms with Crippen LogP contribution in [0.25, 0.3) is 0 Å². The summed E-state index contributed by atoms with van der Waals surface area (Å²) in [7, 11) is 1.67. The van der Waals surface area contributed by atoms with Crippen molar-refractivity contribution < 1.29 is 14.3 Å². The van der Waals surface area contributed by atoms with Crippen LogP contribution < -0.4 is 10.1 Å². The molecule has 4 nitrogen and oxygen atoms in total. The Hall–Kier alpha value is -2.33. The van der Waals surface area contributed by atoms with Crippen LogP contribution >= 0.6 is 0 Å². The molecule has 0 atom stereocenters. The van der Waals surface area contributed by atoms with E-state index in [1.165, 1.54) is 5.56 Å². The molecular weight excluding hydrogens is 290 g/mol. The first-order valence-corrected chi connectivity index (χ1v) is 7.76. The second kappa shape index (κ2) is 8.96. The lowest BCUT2D eigenvalue weighted by Gasteiger charge is -2.08. The van der Waals surface area contributed by atoms with Gasteiger partial charge in [-0.1, -0.05) is 43.3 Å². The first kappa shape index (κ1) is 17.0. The van der Waals surface area contributed by atoms with Gasteiger partial charge < -0.3 is 14.8 Å². The molecular formula is C19H23NO3. The second-order valence-electron chi connectivity index (χ2n) is 5.31. The first-order chi connectivity index (χ1) is 11.2. The number of carbonyl (C=O) groups is 1. The lowest BCUT2D eigenvalue weighted by atomic mass is 10.1. The van der Waals surface area contributed by atoms with E-state index in [0.717, 1.165) is 17.5 Å². The van der Waals surface area contributed by atoms with E-state index in [4.69, 9.17) is 9.47 Å². The molecule has 0 heterocycles. The van der Waals surface area contributed by atoms with E-state index in [9.17, 15) is 4.79 Å². The molecule has 0 aliphatic carbocycles. The number of hydrogen-bond donors (Lipinski definition) is 1. The molecule has 0 bridgehead atoms. The monoisotopic (exact) mass is 313 g/mol. The zero-order valence-corrected chi connectivity index (χ0v) is 13.7. The van der Waals surface area contributed by atoms with E-state index in [2.05, 4.69) is 12.2 Å². The number of carbonyl (C=O) groups excluding carboxylic acids is 1. The maximum absolute atomic E-state index is 11.8. The van der Waals surface area contributed by atoms with E-state index in [1.807, 2.05) is 48.5 Å². The third kappa shape index (κ3) is 5.75. The molecule has 4 heteroatoms. The van der Waals surface area contributed by atoms with Gasteiger partial charge in [0.1, 0.15) is 5.75 Å². The first-order valence-electron chi connectivity index (χ1n) is 7.76. The van der Waals surface area contributed by atoms with Crippen LogP contribution in [0.2, 0.25) is 0 Å². The Balaban J connectivity index is 1.73. The summed E-state index contributed by atoms with van der Waals surface area (Å²) in [5, 5.41) is 2.85. The van der Waals surface area contributed by atoms with Crippen molar-refractivity contribution in [3.05, 3.63) is 65.2 Å². The molecule has 23 heavy (non-hydrogen) atoms. The van der Waals surface area contributed by atoms with Crippen molar-refractivity contribution in [1.29, 1.82) is 0 Å². The Morgan fingerprint density at radius 1 is 0.957 bits per heavy atom. The normalized spacial score (nSPS) is 10.3. The summed E-state index contributed by atoms with van der Waals surface area (Å²) in [5.41, 5.74) is 3.41. The molecule has 2 aromatic rings. The number of benzene rings is 2. The molecule has 0 fully saturated rings. The molecule has 0 saturated carbocycles. The van der Waals surface area contributed by atoms with Crippen LogP contribution in [0.15, 0.2) is 48.5 Å². The number of aryl methyl sites for hydroxylation is 1. The van der Waals surface area contributed by atoms with Gasteiger partial charge in [0.2, 0.25) is 0 Å². The van der Waals surface area contributed by atoms with Gasteiger partial charge in [-0.25, -0.2) is 0 Å². The molecule has 0 unspecified atom stereocenters. The summed E-state index contributed by atoms with van der Waals surface area (Å²) in [6, 6.07) is 15.8. The Labute approximate surface area is 137 Å². The van der Waals surface area contributed by atoms with Gasteiger partial charge >= 0.3 is 0 Å². The lowest BCUT2D eigenvalue weighted by Crippen LogP contribution is -2.28. The Bertz CT molecular complexity index is 606. The number of amides is 1. The highest BCUT2D eigenvalue weighted by Crippen LogP contribution is 2.12. The third-order valence-electron chi connectivity index (χ3n) is 3.53. The number of hydrogen-bond acceptors (Lipinski definition) is 3. The van der Waals surface area contributed by atoms with Crippen LogP contribution in [-0.2, 0) is 29.1 Å². The molecule has 1 amide bonds. The predicted molar refractivity (Wildman–Crippen MR) is 90.3 cm³/mol. The minimum Gasteiger partial charge on any atom is -0.484 e. The zero-order valence-electron chi connectivity index (χ0n) is 13.7. The van der Waals surface area contributed by atoms with Crippen LogP contribution in [0.5, 0.6) is 5.75 Å². The smallest absolute Gasteiger partial charge is 0.258 e. The SMILES string of the molecule is CCc1ccc(OCC(=O)NCc2ccc(COC)cc2)cc1. The summed E-state index contributed by atoms with van der Waals surface area (Å²) in [6.07, 6.45) is 0.990. The van der Waals surface area contributed by atoms with Gasteiger partial charge in [-0.3, -0.25) is 4.79 Å². The molecule has 0 aliphatic heterocycles. The van der Waals surface area contributed by atoms with Crippen LogP contribution in [0.4, 0.5) is 0 Å². The average Bonchev–Trinajstić information content (AvgIpc) is 2.60. The minimum atomic E-state index is -0.134. The second-order valence-corrected chi connectivity index (χ2v) is 5.31. The summed E-state index contributed by atoms with van der Waals surface area (Å²) in [5.74, 6) is 0.576. The standard InChI is InChI=1S/C19H23NO3/c1-3-15-8-10-18(11-9-15)23-14-19(21)20-12-16-4-6-17(7-5-16)13-22-2/h4-11H,3,12-14H2,1-2H3,(H,20,21). The molecule has 1 N–H and O–H groups in total. The van der Waals surface area contributed by atoms with Gasteiger partial charge in [-0.05, 0) is 35.2 Å². The van der Waals surface area contributed by atoms with Crippen LogP contribution in [0.1, 0.15) is 23.6 Å². The molecule has 0 saturated heterocycles. The van der Waals surface area contributed by atoms with Crippen LogP contribution in [0, 0.1) is 0 Å². The topological polar surface area (TPSA) is 47.6 Å². The number of methoxy groups -OCH3 is 1. The van der Waals surface area contributed by atoms with Crippen molar-refractivity contribution >= 4 is 5.91 Å². The zero-order chi connectivity index (χ0) is 16.5. The van der Waals surface area contributed by atoms with Gasteiger partial charge in [0.05, 0.1) is 6.61 Å². The Morgan fingerprint density at radius 3 is 2.17 bits per heavy atom. The average molecular weight is 313 g/mol. The molecule has 2 aromatic carbocycles. The van der Waals surface area contributed by atoms with Crippen LogP contribution in [-0.4, -0.2) is 19.6 Å². The number of nitrogens with one attached hydrogen (secondary N) is 1. The Morgan fingerprint density at radius 2 is 1.57 bits per heavy atom. The van der Waals surface area contributed by atoms with Crippen molar-refractivity contribution in [3.63, 3.8) is 0 Å². The molecule has 0 aromatic heterocycles. The van der Waals surface area contributed by atoms with Crippen molar-refractivity contribution in [2.45, 2.75) is 26.5 Å². The van der Waals surface area contributed by atoms with Gasteiger partial charge in [0.15, 0.2) is 6.61 Å². The Kier molecular flexibility index (Phi) is 6.63. The van der Waals surface area contributed by atoms with Gasteiger partial charge in [-0.15, -0.1) is 0 Å². The highest BCUT2D eigenvalue weighted by atomic mass is 16.5. The number of rotatable bonds is 8. The summed E-state index contributed by atoms with van der Waals surface area (Å²) in [4.78, 5) is 11.8. The third-order valence-corrected chi connectivity index (χ3v) is 3.53. The van der Waals surface area contributed by atoms with Crippen molar-refractivity contribution in [2.75, 3.05) is 13.7 Å². The quantitative estimate of drug-likeness (QED) is 0.814. The van der Waals surface area contributed by atoms with Crippen molar-refractivity contribution in [2.24, 2.45) is 0 Å². The molecule has 2 rings (SSSR count). The van der Waals surface area contributed by atoms with Gasteiger partial charge in [0, 0.05) is 13.7 Å². The maximum Gasteiger partial charge on any atom is 0.258 e. The van der Waals surface area contributed by atoms with Gasteiger partial charge in [0.25, 0.3) is 5.91 Å². The largest absolute Gasteiger partial charge is 0.484 e. The van der Waals surface area contributed by atoms with E-state index >= 15 is 0 Å². The lowest BCUT2D eigenvalue weighted by molar-refractivity contribution is -0.123. The molecule has 0 radical (unpaired) electrons. The summed E-state index contributed by atoms with van der Waals surface area (Å²) in [6.45, 7) is 3.21. The highest BCUT2D eigenvalue weighted by molar-refractivity contribution is 5.77. The van der Waals surface area contributed by atoms with Gasteiger partial charge in [-0.2, -0.15) is 0 Å².